The Balaban J connectivity index is 1.29. The van der Waals surface area contributed by atoms with Gasteiger partial charge in [0.25, 0.3) is 5.91 Å². The number of nitrogens with zero attached hydrogens (tertiary/aromatic N) is 1. The largest absolute Gasteiger partial charge is 0.493 e. The van der Waals surface area contributed by atoms with Crippen molar-refractivity contribution in [3.63, 3.8) is 0 Å². The Bertz CT molecular complexity index is 1250. The number of benzene rings is 1. The van der Waals surface area contributed by atoms with Crippen molar-refractivity contribution in [1.29, 1.82) is 0 Å². The van der Waals surface area contributed by atoms with Gasteiger partial charge in [-0.3, -0.25) is 9.59 Å². The quantitative estimate of drug-likeness (QED) is 0.340. The molecule has 43 heavy (non-hydrogen) atoms. The second-order valence-corrected chi connectivity index (χ2v) is 13.9. The number of rotatable bonds is 9. The van der Waals surface area contributed by atoms with Gasteiger partial charge in [-0.05, 0) is 98.3 Å². The molecule has 8 rings (SSSR count). The lowest BCUT2D eigenvalue weighted by molar-refractivity contribution is -0.154. The predicted molar refractivity (Wildman–Crippen MR) is 155 cm³/mol. The van der Waals surface area contributed by atoms with Crippen LogP contribution in [0.4, 0.5) is 0 Å². The van der Waals surface area contributed by atoms with Gasteiger partial charge in [-0.25, -0.2) is 0 Å². The second-order valence-electron chi connectivity index (χ2n) is 13.9. The number of fused-ring (bicyclic) bond motifs is 3. The van der Waals surface area contributed by atoms with Crippen molar-refractivity contribution in [3.05, 3.63) is 34.9 Å². The van der Waals surface area contributed by atoms with E-state index in [4.69, 9.17) is 14.2 Å². The number of hydrogen-bond acceptors (Lipinski definition) is 8. The van der Waals surface area contributed by atoms with Gasteiger partial charge < -0.3 is 39.7 Å². The number of carbonyl (C=O) groups excluding carboxylic acids is 2. The van der Waals surface area contributed by atoms with E-state index in [1.165, 1.54) is 26.4 Å². The molecule has 2 amide bonds. The Labute approximate surface area is 252 Å². The van der Waals surface area contributed by atoms with E-state index >= 15 is 0 Å². The van der Waals surface area contributed by atoms with E-state index in [1.807, 2.05) is 4.90 Å². The molecule has 0 spiro atoms. The zero-order chi connectivity index (χ0) is 29.9. The fourth-order valence-electron chi connectivity index (χ4n) is 9.75. The monoisotopic (exact) mass is 596 g/mol. The minimum Gasteiger partial charge on any atom is -0.493 e. The van der Waals surface area contributed by atoms with Crippen LogP contribution in [-0.2, 0) is 20.9 Å². The summed E-state index contributed by atoms with van der Waals surface area (Å²) in [6.07, 6.45) is 7.83. The third-order valence-corrected chi connectivity index (χ3v) is 11.0. The summed E-state index contributed by atoms with van der Waals surface area (Å²) in [5, 5.41) is 34.3. The topological polar surface area (TPSA) is 138 Å². The van der Waals surface area contributed by atoms with Crippen molar-refractivity contribution >= 4 is 11.8 Å². The van der Waals surface area contributed by atoms with Gasteiger partial charge in [0.1, 0.15) is 18.3 Å². The molecule has 2 aliphatic heterocycles. The van der Waals surface area contributed by atoms with Crippen LogP contribution in [0.5, 0.6) is 11.5 Å². The maximum absolute atomic E-state index is 14.3. The first-order valence-corrected chi connectivity index (χ1v) is 16.0. The highest BCUT2D eigenvalue weighted by molar-refractivity contribution is 5.96. The molecule has 1 aromatic carbocycles. The lowest BCUT2D eigenvalue weighted by Crippen LogP contribution is -2.61. The molecule has 5 unspecified atom stereocenters. The lowest BCUT2D eigenvalue weighted by Gasteiger charge is -2.58. The lowest BCUT2D eigenvalue weighted by atomic mass is 9.49. The van der Waals surface area contributed by atoms with Gasteiger partial charge in [-0.2, -0.15) is 0 Å². The molecule has 4 N–H and O–H groups in total. The Hall–Kier alpha value is -2.66. The Morgan fingerprint density at radius 2 is 1.84 bits per heavy atom. The molecule has 0 radical (unpaired) electrons. The van der Waals surface area contributed by atoms with E-state index in [1.54, 1.807) is 18.2 Å². The molecule has 4 saturated carbocycles. The van der Waals surface area contributed by atoms with Crippen molar-refractivity contribution in [2.75, 3.05) is 33.4 Å². The molecular weight excluding hydrogens is 552 g/mol. The van der Waals surface area contributed by atoms with E-state index in [2.05, 4.69) is 5.32 Å². The number of aliphatic hydroxyl groups excluding tert-OH is 3. The zero-order valence-electron chi connectivity index (χ0n) is 24.9. The zero-order valence-corrected chi connectivity index (χ0v) is 24.9. The van der Waals surface area contributed by atoms with Crippen LogP contribution >= 0.6 is 0 Å². The van der Waals surface area contributed by atoms with Gasteiger partial charge in [0, 0.05) is 30.8 Å². The summed E-state index contributed by atoms with van der Waals surface area (Å²) in [5.74, 6) is 1.78. The van der Waals surface area contributed by atoms with Gasteiger partial charge in [-0.1, -0.05) is 0 Å². The van der Waals surface area contributed by atoms with Gasteiger partial charge in [-0.15, -0.1) is 0 Å². The van der Waals surface area contributed by atoms with Gasteiger partial charge in [0.2, 0.25) is 5.91 Å². The molecule has 1 saturated heterocycles. The molecule has 5 aliphatic carbocycles. The fourth-order valence-corrected chi connectivity index (χ4v) is 9.75. The van der Waals surface area contributed by atoms with Crippen molar-refractivity contribution in [3.8, 4) is 11.5 Å². The third-order valence-electron chi connectivity index (χ3n) is 11.0. The average molecular weight is 597 g/mol. The summed E-state index contributed by atoms with van der Waals surface area (Å²) in [6, 6.07) is 2.68. The number of nitrogens with one attached hydrogen (secondary N) is 1. The van der Waals surface area contributed by atoms with Crippen molar-refractivity contribution in [1.82, 2.24) is 10.2 Å². The first-order chi connectivity index (χ1) is 20.8. The normalized spacial score (nSPS) is 36.9. The summed E-state index contributed by atoms with van der Waals surface area (Å²) in [7, 11) is 1.51. The van der Waals surface area contributed by atoms with Crippen molar-refractivity contribution in [2.24, 2.45) is 23.2 Å². The maximum Gasteiger partial charge on any atom is 0.252 e. The van der Waals surface area contributed by atoms with Gasteiger partial charge >= 0.3 is 0 Å². The Morgan fingerprint density at radius 1 is 1.12 bits per heavy atom. The molecule has 4 bridgehead atoms. The Morgan fingerprint density at radius 3 is 2.44 bits per heavy atom. The second kappa shape index (κ2) is 11.4. The van der Waals surface area contributed by atoms with Crippen LogP contribution in [0.25, 0.3) is 0 Å². The highest BCUT2D eigenvalue weighted by atomic mass is 16.5. The highest BCUT2D eigenvalue weighted by Gasteiger charge is 2.56. The molecule has 2 heterocycles. The first kappa shape index (κ1) is 29.1. The first-order valence-electron chi connectivity index (χ1n) is 16.0. The number of ether oxygens (including phenoxy) is 3. The van der Waals surface area contributed by atoms with Crippen LogP contribution in [-0.4, -0.2) is 89.8 Å². The summed E-state index contributed by atoms with van der Waals surface area (Å²) in [4.78, 5) is 29.8. The molecule has 234 valence electrons. The number of methoxy groups -OCH3 is 1. The minimum absolute atomic E-state index is 0.00543. The van der Waals surface area contributed by atoms with E-state index in [-0.39, 0.29) is 37.0 Å². The smallest absolute Gasteiger partial charge is 0.252 e. The van der Waals surface area contributed by atoms with E-state index < -0.39 is 30.3 Å². The Kier molecular flexibility index (Phi) is 7.68. The number of carbonyl (C=O) groups is 2. The van der Waals surface area contributed by atoms with Crippen LogP contribution in [0, 0.1) is 23.2 Å². The maximum atomic E-state index is 14.3. The summed E-state index contributed by atoms with van der Waals surface area (Å²) in [5.41, 5.74) is 1.63. The van der Waals surface area contributed by atoms with E-state index in [0.29, 0.717) is 65.5 Å². The van der Waals surface area contributed by atoms with E-state index in [0.717, 1.165) is 25.7 Å². The molecule has 5 atom stereocenters. The fraction of sp³-hybridized carbons (Fsp3) is 0.697. The molecule has 10 heteroatoms. The summed E-state index contributed by atoms with van der Waals surface area (Å²) < 4.78 is 17.9. The molecule has 0 aromatic heterocycles. The predicted octanol–water partition coefficient (Wildman–Crippen LogP) is 2.03. The molecule has 1 aromatic rings. The van der Waals surface area contributed by atoms with Crippen LogP contribution in [0.3, 0.4) is 0 Å². The number of hydrogen-bond donors (Lipinski definition) is 4. The summed E-state index contributed by atoms with van der Waals surface area (Å²) >= 11 is 0. The standard InChI is InChI=1S/C33H44N2O8/c1-41-26-11-21(16-37)10-22-27-23(31(39)34-4-5-36)12-24(28(38)30(27)43-29(22)26)35(32(40)25-3-2-6-42-25)17-33-13-18-7-19(14-33)9-20(8-18)15-33/h10-12,18-20,24-25,27-28,30,36-38H,2-9,13-17H2,1H3,(H,34,39). The summed E-state index contributed by atoms with van der Waals surface area (Å²) in [6.45, 7) is 0.693. The highest BCUT2D eigenvalue weighted by Crippen LogP contribution is 2.60. The SMILES string of the molecule is COc1cc(CO)cc2c1OC1C2C(C(=O)NCCO)=CC(N(CC23CC4CC(CC(C4)C2)C3)C(=O)C2CCCO2)C1O. The van der Waals surface area contributed by atoms with Crippen LogP contribution < -0.4 is 14.8 Å². The molecular formula is C33H44N2O8. The van der Waals surface area contributed by atoms with Crippen LogP contribution in [0.2, 0.25) is 0 Å². The minimum atomic E-state index is -1.12. The molecule has 10 nitrogen and oxygen atoms in total. The molecule has 5 fully saturated rings. The third kappa shape index (κ3) is 5.04. The van der Waals surface area contributed by atoms with Crippen molar-refractivity contribution in [2.45, 2.75) is 88.2 Å². The molecule has 7 aliphatic rings. The number of amides is 2. The van der Waals surface area contributed by atoms with Crippen LogP contribution in [0.1, 0.15) is 68.4 Å². The average Bonchev–Trinajstić information content (AvgIpc) is 3.67. The number of aliphatic hydroxyl groups is 3. The van der Waals surface area contributed by atoms with Crippen LogP contribution in [0.15, 0.2) is 23.8 Å². The van der Waals surface area contributed by atoms with Gasteiger partial charge in [0.15, 0.2) is 11.5 Å². The van der Waals surface area contributed by atoms with Gasteiger partial charge in [0.05, 0.1) is 32.3 Å². The van der Waals surface area contributed by atoms with Crippen molar-refractivity contribution < 1.29 is 39.1 Å². The van der Waals surface area contributed by atoms with E-state index in [9.17, 15) is 24.9 Å².